The van der Waals surface area contributed by atoms with E-state index in [1.165, 1.54) is 43.2 Å². The number of H-pyrrole nitrogens is 1. The van der Waals surface area contributed by atoms with Gasteiger partial charge < -0.3 is 45.9 Å². The maximum Gasteiger partial charge on any atom is 0.407 e. The van der Waals surface area contributed by atoms with Crippen LogP contribution in [0.1, 0.15) is 131 Å². The van der Waals surface area contributed by atoms with Crippen molar-refractivity contribution in [3.8, 4) is 5.75 Å². The van der Waals surface area contributed by atoms with Crippen molar-refractivity contribution in [3.63, 3.8) is 0 Å². The lowest BCUT2D eigenvalue weighted by molar-refractivity contribution is -0.144. The minimum absolute atomic E-state index is 0.0123. The van der Waals surface area contributed by atoms with E-state index in [1.807, 2.05) is 36.9 Å². The summed E-state index contributed by atoms with van der Waals surface area (Å²) < 4.78 is 38.7. The molecule has 422 valence electrons. The summed E-state index contributed by atoms with van der Waals surface area (Å²) in [7, 11) is -2.50. The highest BCUT2D eigenvalue weighted by Crippen LogP contribution is 2.39. The fraction of sp³-hybridized carbons (Fsp3) is 0.536. The van der Waals surface area contributed by atoms with Gasteiger partial charge >= 0.3 is 6.09 Å². The van der Waals surface area contributed by atoms with Crippen molar-refractivity contribution in [2.45, 2.75) is 152 Å². The van der Waals surface area contributed by atoms with Crippen LogP contribution in [0.25, 0.3) is 10.9 Å². The van der Waals surface area contributed by atoms with Crippen molar-refractivity contribution in [1.29, 1.82) is 0 Å². The van der Waals surface area contributed by atoms with Crippen molar-refractivity contribution in [2.24, 2.45) is 11.8 Å². The third-order valence-corrected chi connectivity index (χ3v) is 18.5. The highest BCUT2D eigenvalue weighted by atomic mass is 32.2. The van der Waals surface area contributed by atoms with Crippen LogP contribution in [0, 0.1) is 25.7 Å². The van der Waals surface area contributed by atoms with Gasteiger partial charge in [0.05, 0.1) is 28.5 Å². The number of piperidine rings is 1. The molecule has 6 N–H and O–H groups in total. The summed E-state index contributed by atoms with van der Waals surface area (Å²) in [4.78, 5) is 90.6. The first kappa shape index (κ1) is 56.3. The first-order valence-corrected chi connectivity index (χ1v) is 29.0. The number of nitrogens with zero attached hydrogens (tertiary/aromatic N) is 7. The fourth-order valence-electron chi connectivity index (χ4n) is 11.1. The van der Waals surface area contributed by atoms with Crippen LogP contribution >= 0.6 is 0 Å². The third-order valence-electron chi connectivity index (χ3n) is 16.0. The summed E-state index contributed by atoms with van der Waals surface area (Å²) >= 11 is 0. The zero-order valence-electron chi connectivity index (χ0n) is 46.1. The van der Waals surface area contributed by atoms with Gasteiger partial charge in [-0.1, -0.05) is 43.5 Å². The lowest BCUT2D eigenvalue weighted by atomic mass is 9.83. The Hall–Kier alpha value is -7.43. The number of aryl methyl sites for hydroxylation is 2. The molecule has 0 spiro atoms. The van der Waals surface area contributed by atoms with Crippen LogP contribution in [0.2, 0.25) is 0 Å². The van der Waals surface area contributed by atoms with Crippen molar-refractivity contribution in [1.82, 2.24) is 56.3 Å². The number of ether oxygens (including phenoxy) is 2. The lowest BCUT2D eigenvalue weighted by Gasteiger charge is -2.35. The Morgan fingerprint density at radius 3 is 2.32 bits per heavy atom. The average Bonchev–Trinajstić information content (AvgIpc) is 4.14. The topological polar surface area (TPSA) is 285 Å². The van der Waals surface area contributed by atoms with Crippen LogP contribution in [0.3, 0.4) is 0 Å². The number of carbonyl (C=O) groups is 5. The molecule has 5 heterocycles. The van der Waals surface area contributed by atoms with Gasteiger partial charge in [0.25, 0.3) is 11.8 Å². The van der Waals surface area contributed by atoms with Gasteiger partial charge in [-0.05, 0) is 122 Å². The monoisotopic (exact) mass is 1100 g/mol. The predicted octanol–water partition coefficient (Wildman–Crippen LogP) is 6.07. The summed E-state index contributed by atoms with van der Waals surface area (Å²) in [6, 6.07) is 8.42. The number of sulfone groups is 1. The summed E-state index contributed by atoms with van der Waals surface area (Å²) in [5.74, 6) is -0.363. The van der Waals surface area contributed by atoms with Gasteiger partial charge in [0.2, 0.25) is 17.8 Å². The minimum Gasteiger partial charge on any atom is -0.492 e. The van der Waals surface area contributed by atoms with E-state index in [1.54, 1.807) is 32.9 Å². The molecule has 1 saturated carbocycles. The molecular weight excluding hydrogens is 1030 g/mol. The number of likely N-dealkylation sites (tertiary alicyclic amines) is 1. The molecule has 4 aliphatic rings. The minimum atomic E-state index is -3.89. The maximum atomic E-state index is 14.9. The molecule has 0 bridgehead atoms. The SMILES string of the molecule is CNC(=O)OC(C)C(=O)NC(C(=O)N1C[C@@H](NC(=O)c2cnc(N3CCC(COc4cc5ncnc(Nc6n[nH]c(C)c6C)c5cc4S(=O)(=O)C(C)(C)C)CC3)nc2)C[C@H]1C(=O)N[C@@H]1CCCc2ccccc21)C1CCCCC1. The zero-order valence-corrected chi connectivity index (χ0v) is 46.9. The lowest BCUT2D eigenvalue weighted by Crippen LogP contribution is -2.58. The quantitative estimate of drug-likeness (QED) is 0.0653. The van der Waals surface area contributed by atoms with Crippen LogP contribution in [0.5, 0.6) is 5.75 Å². The molecule has 2 aliphatic carbocycles. The molecule has 23 heteroatoms. The molecule has 9 rings (SSSR count). The molecule has 3 aromatic heterocycles. The summed E-state index contributed by atoms with van der Waals surface area (Å²) in [5, 5.41) is 22.5. The Morgan fingerprint density at radius 1 is 0.886 bits per heavy atom. The van der Waals surface area contributed by atoms with Crippen LogP contribution in [0.4, 0.5) is 22.4 Å². The zero-order chi connectivity index (χ0) is 56.2. The molecule has 5 atom stereocenters. The van der Waals surface area contributed by atoms with Gasteiger partial charge in [-0.2, -0.15) is 5.10 Å². The maximum absolute atomic E-state index is 14.9. The molecule has 2 saturated heterocycles. The van der Waals surface area contributed by atoms with Gasteiger partial charge in [0.15, 0.2) is 21.8 Å². The number of hydrogen-bond acceptors (Lipinski definition) is 16. The van der Waals surface area contributed by atoms with Crippen molar-refractivity contribution >= 4 is 68.0 Å². The van der Waals surface area contributed by atoms with E-state index in [0.29, 0.717) is 67.3 Å². The molecule has 3 fully saturated rings. The van der Waals surface area contributed by atoms with E-state index >= 15 is 0 Å². The molecule has 2 aliphatic heterocycles. The number of benzene rings is 2. The second-order valence-corrected chi connectivity index (χ2v) is 25.0. The molecule has 22 nitrogen and oxygen atoms in total. The van der Waals surface area contributed by atoms with Gasteiger partial charge in [-0.3, -0.25) is 24.3 Å². The first-order chi connectivity index (χ1) is 37.8. The standard InChI is InChI=1S/C56H73N13O9S/c1-32-33(2)66-67-48(32)65-49-41-25-46(79(75,76)56(4,5)6)45(26-43(41)60-31-61-49)77-30-35-20-22-68(23-21-35)54-58-27-38(28-59-54)51(71)62-39-24-44(52(72)63-42-19-13-17-36-14-11-12-18-40(36)42)69(29-39)53(73)47(37-15-9-8-10-16-37)64-50(70)34(3)78-55(74)57-7/h11-12,14,18,25-28,31,34-35,37,39,42,44,47H,8-10,13,15-17,19-24,29-30H2,1-7H3,(H,57,74)(H,62,71)(H,63,72)(H,64,70)(H2,60,61,65,66,67)/t34?,39-,42+,44-,47?/m0/s1. The highest BCUT2D eigenvalue weighted by molar-refractivity contribution is 7.92. The van der Waals surface area contributed by atoms with Gasteiger partial charge in [0, 0.05) is 67.8 Å². The van der Waals surface area contributed by atoms with E-state index < -0.39 is 62.6 Å². The van der Waals surface area contributed by atoms with Crippen LogP contribution in [-0.4, -0.2) is 135 Å². The largest absolute Gasteiger partial charge is 0.492 e. The Morgan fingerprint density at radius 2 is 1.62 bits per heavy atom. The number of amides is 5. The number of rotatable bonds is 16. The summed E-state index contributed by atoms with van der Waals surface area (Å²) in [6.07, 6.45) is 10.6. The molecule has 5 aromatic rings. The van der Waals surface area contributed by atoms with E-state index in [4.69, 9.17) is 9.47 Å². The number of anilines is 3. The van der Waals surface area contributed by atoms with Gasteiger partial charge in [-0.25, -0.2) is 33.1 Å². The van der Waals surface area contributed by atoms with Crippen molar-refractivity contribution in [2.75, 3.05) is 43.5 Å². The van der Waals surface area contributed by atoms with Crippen LogP contribution < -0.4 is 36.2 Å². The van der Waals surface area contributed by atoms with E-state index in [2.05, 4.69) is 62.8 Å². The van der Waals surface area contributed by atoms with Crippen molar-refractivity contribution in [3.05, 3.63) is 83.1 Å². The number of nitrogens with one attached hydrogen (secondary N) is 6. The Balaban J connectivity index is 0.856. The second-order valence-electron chi connectivity index (χ2n) is 22.4. The smallest absolute Gasteiger partial charge is 0.407 e. The number of aromatic amines is 1. The first-order valence-electron chi connectivity index (χ1n) is 27.5. The molecular formula is C56H73N13O9S. The predicted molar refractivity (Wildman–Crippen MR) is 295 cm³/mol. The fourth-order valence-corrected chi connectivity index (χ4v) is 12.4. The van der Waals surface area contributed by atoms with Crippen LogP contribution in [-0.2, 0) is 35.4 Å². The van der Waals surface area contributed by atoms with Gasteiger partial charge in [0.1, 0.15) is 34.9 Å². The number of hydrogen-bond donors (Lipinski definition) is 6. The number of alkyl carbamates (subject to hydrolysis) is 1. The number of fused-ring (bicyclic) bond motifs is 2. The van der Waals surface area contributed by atoms with Crippen LogP contribution in [0.15, 0.2) is 60.0 Å². The molecule has 5 amide bonds. The number of aromatic nitrogens is 6. The molecule has 79 heavy (non-hydrogen) atoms. The number of carbonyl (C=O) groups excluding carboxylic acids is 5. The van der Waals surface area contributed by atoms with Gasteiger partial charge in [-0.15, -0.1) is 0 Å². The molecule has 0 radical (unpaired) electrons. The van der Waals surface area contributed by atoms with Crippen molar-refractivity contribution < 1.29 is 41.9 Å². The Labute approximate surface area is 460 Å². The highest BCUT2D eigenvalue weighted by Gasteiger charge is 2.46. The van der Waals surface area contributed by atoms with E-state index in [0.717, 1.165) is 55.3 Å². The Bertz CT molecular complexity index is 3170. The average molecular weight is 1100 g/mol. The third kappa shape index (κ3) is 12.6. The molecule has 2 aromatic carbocycles. The second kappa shape index (κ2) is 23.9. The summed E-state index contributed by atoms with van der Waals surface area (Å²) in [5.41, 5.74) is 4.71. The summed E-state index contributed by atoms with van der Waals surface area (Å²) in [6.45, 7) is 11.7. The van der Waals surface area contributed by atoms with E-state index in [-0.39, 0.29) is 59.6 Å². The molecule has 2 unspecified atom stereocenters. The normalized spacial score (nSPS) is 19.9. The van der Waals surface area contributed by atoms with E-state index in [9.17, 15) is 32.4 Å². The Kier molecular flexibility index (Phi) is 17.0.